The minimum atomic E-state index is -1.10. The first-order valence-electron chi connectivity index (χ1n) is 12.9. The van der Waals surface area contributed by atoms with Gasteiger partial charge in [0.15, 0.2) is 0 Å². The smallest absolute Gasteiger partial charge is 0.246 e. The molecule has 8 N–H and O–H groups in total. The Hall–Kier alpha value is -3.99. The number of aromatic amines is 2. The number of carbonyl (C=O) groups excluding carboxylic acids is 3. The molecule has 0 aliphatic carbocycles. The van der Waals surface area contributed by atoms with Gasteiger partial charge in [0.25, 0.3) is 0 Å². The van der Waals surface area contributed by atoms with Gasteiger partial charge in [-0.3, -0.25) is 25.0 Å². The van der Waals surface area contributed by atoms with Crippen molar-refractivity contribution in [1.29, 1.82) is 0 Å². The Morgan fingerprint density at radius 1 is 0.921 bits per heavy atom. The summed E-state index contributed by atoms with van der Waals surface area (Å²) < 4.78 is 0. The second-order valence-electron chi connectivity index (χ2n) is 9.91. The molecule has 2 aromatic carbocycles. The predicted octanol–water partition coefficient (Wildman–Crippen LogP) is 1.19. The van der Waals surface area contributed by atoms with Crippen LogP contribution in [-0.4, -0.2) is 59.0 Å². The van der Waals surface area contributed by atoms with Crippen LogP contribution in [0.2, 0.25) is 0 Å². The van der Waals surface area contributed by atoms with Crippen LogP contribution in [-0.2, 0) is 27.2 Å². The molecule has 1 aliphatic heterocycles. The van der Waals surface area contributed by atoms with Crippen molar-refractivity contribution in [3.63, 3.8) is 0 Å². The molecule has 4 aromatic rings. The zero-order valence-corrected chi connectivity index (χ0v) is 21.1. The number of hydrogen-bond donors (Lipinski definition) is 7. The zero-order valence-electron chi connectivity index (χ0n) is 21.1. The number of H-pyrrole nitrogens is 2. The van der Waals surface area contributed by atoms with Gasteiger partial charge in [-0.1, -0.05) is 36.4 Å². The van der Waals surface area contributed by atoms with E-state index in [0.717, 1.165) is 32.9 Å². The zero-order chi connectivity index (χ0) is 26.5. The lowest BCUT2D eigenvalue weighted by Crippen LogP contribution is -2.62. The molecule has 0 spiro atoms. The maximum absolute atomic E-state index is 13.6. The third-order valence-electron chi connectivity index (χ3n) is 7.37. The van der Waals surface area contributed by atoms with E-state index in [0.29, 0.717) is 45.2 Å². The summed E-state index contributed by atoms with van der Waals surface area (Å²) in [6.07, 6.45) is 5.45. The number of piperidine rings is 1. The van der Waals surface area contributed by atoms with Gasteiger partial charge in [0.2, 0.25) is 18.2 Å². The Labute approximate surface area is 220 Å². The van der Waals surface area contributed by atoms with Crippen molar-refractivity contribution >= 4 is 40.0 Å². The molecule has 0 saturated carbocycles. The summed E-state index contributed by atoms with van der Waals surface area (Å²) in [5.41, 5.74) is 9.11. The van der Waals surface area contributed by atoms with Gasteiger partial charge in [0, 0.05) is 40.6 Å². The van der Waals surface area contributed by atoms with E-state index >= 15 is 0 Å². The van der Waals surface area contributed by atoms with Gasteiger partial charge in [-0.25, -0.2) is 0 Å². The number of hydrogen-bond acceptors (Lipinski definition) is 6. The van der Waals surface area contributed by atoms with E-state index in [1.54, 1.807) is 0 Å². The highest BCUT2D eigenvalue weighted by atomic mass is 16.2. The van der Waals surface area contributed by atoms with Crippen LogP contribution in [0, 0.1) is 0 Å². The summed E-state index contributed by atoms with van der Waals surface area (Å²) in [7, 11) is 0. The van der Waals surface area contributed by atoms with Gasteiger partial charge < -0.3 is 26.3 Å². The fraction of sp³-hybridized carbons (Fsp3) is 0.321. The van der Waals surface area contributed by atoms with E-state index in [1.165, 1.54) is 0 Å². The second kappa shape index (κ2) is 11.2. The second-order valence-corrected chi connectivity index (χ2v) is 9.91. The highest BCUT2D eigenvalue weighted by molar-refractivity contribution is 6.02. The number of para-hydroxylation sites is 2. The van der Waals surface area contributed by atoms with Crippen molar-refractivity contribution in [2.45, 2.75) is 43.4 Å². The molecular weight excluding hydrogens is 482 g/mol. The molecule has 38 heavy (non-hydrogen) atoms. The quantitative estimate of drug-likeness (QED) is 0.124. The van der Waals surface area contributed by atoms with E-state index in [9.17, 15) is 14.4 Å². The van der Waals surface area contributed by atoms with Gasteiger partial charge in [0.1, 0.15) is 0 Å². The Balaban J connectivity index is 1.39. The first-order valence-corrected chi connectivity index (χ1v) is 12.9. The lowest BCUT2D eigenvalue weighted by Gasteiger charge is -2.33. The molecule has 1 aliphatic rings. The largest absolute Gasteiger partial charge is 0.361 e. The maximum Gasteiger partial charge on any atom is 0.246 e. The van der Waals surface area contributed by atoms with Crippen LogP contribution in [0.3, 0.4) is 0 Å². The molecule has 3 heterocycles. The summed E-state index contributed by atoms with van der Waals surface area (Å²) in [4.78, 5) is 44.6. The Morgan fingerprint density at radius 3 is 2.11 bits per heavy atom. The minimum Gasteiger partial charge on any atom is -0.361 e. The number of nitrogens with two attached hydrogens (primary N) is 1. The third-order valence-corrected chi connectivity index (χ3v) is 7.37. The van der Waals surface area contributed by atoms with Crippen molar-refractivity contribution in [2.75, 3.05) is 13.1 Å². The number of amides is 3. The molecule has 0 radical (unpaired) electrons. The van der Waals surface area contributed by atoms with E-state index in [4.69, 9.17) is 5.73 Å². The van der Waals surface area contributed by atoms with Crippen LogP contribution >= 0.6 is 0 Å². The van der Waals surface area contributed by atoms with Gasteiger partial charge in [-0.05, 0) is 55.6 Å². The summed E-state index contributed by atoms with van der Waals surface area (Å²) in [6, 6.07) is 14.9. The van der Waals surface area contributed by atoms with E-state index < -0.39 is 29.6 Å². The molecular formula is C28H33N7O3. The molecule has 2 atom stereocenters. The highest BCUT2D eigenvalue weighted by Crippen LogP contribution is 2.21. The number of aromatic nitrogens is 2. The van der Waals surface area contributed by atoms with Crippen LogP contribution in [0.5, 0.6) is 0 Å². The number of nitrogens with one attached hydrogen (secondary N) is 6. The lowest BCUT2D eigenvalue weighted by atomic mass is 9.88. The number of imide groups is 1. The SMILES string of the molecule is NC1(C(=O)NC(=O)[C@@H](Cc2c[nH]c3ccccc23)N[C@@H](Cc2c[nH]c3ccccc23)NC=O)CCNCC1. The normalized spacial score (nSPS) is 16.7. The van der Waals surface area contributed by atoms with Crippen molar-refractivity contribution in [1.82, 2.24) is 31.2 Å². The van der Waals surface area contributed by atoms with Crippen LogP contribution in [0.15, 0.2) is 60.9 Å². The first-order chi connectivity index (χ1) is 18.5. The van der Waals surface area contributed by atoms with E-state index in [2.05, 4.69) is 31.2 Å². The molecule has 2 aromatic heterocycles. The molecule has 10 nitrogen and oxygen atoms in total. The summed E-state index contributed by atoms with van der Waals surface area (Å²) in [5.74, 6) is -0.966. The van der Waals surface area contributed by atoms with E-state index in [-0.39, 0.29) is 0 Å². The Kier molecular flexibility index (Phi) is 7.54. The van der Waals surface area contributed by atoms with Crippen LogP contribution in [0.25, 0.3) is 21.8 Å². The van der Waals surface area contributed by atoms with E-state index in [1.807, 2.05) is 60.9 Å². The molecule has 1 saturated heterocycles. The average molecular weight is 516 g/mol. The van der Waals surface area contributed by atoms with Crippen molar-refractivity contribution < 1.29 is 14.4 Å². The summed E-state index contributed by atoms with van der Waals surface area (Å²) >= 11 is 0. The Morgan fingerprint density at radius 2 is 1.50 bits per heavy atom. The van der Waals surface area contributed by atoms with Crippen LogP contribution < -0.4 is 27.0 Å². The Bertz CT molecular complexity index is 1440. The molecule has 3 amide bonds. The molecule has 0 unspecified atom stereocenters. The molecule has 10 heteroatoms. The fourth-order valence-corrected chi connectivity index (χ4v) is 5.18. The van der Waals surface area contributed by atoms with Crippen molar-refractivity contribution in [3.05, 3.63) is 72.1 Å². The molecule has 5 rings (SSSR count). The van der Waals surface area contributed by atoms with Crippen molar-refractivity contribution in [2.24, 2.45) is 5.73 Å². The third kappa shape index (κ3) is 5.47. The fourth-order valence-electron chi connectivity index (χ4n) is 5.18. The predicted molar refractivity (Wildman–Crippen MR) is 146 cm³/mol. The number of rotatable bonds is 10. The summed E-state index contributed by atoms with van der Waals surface area (Å²) in [5, 5.41) is 13.9. The van der Waals surface area contributed by atoms with Crippen LogP contribution in [0.1, 0.15) is 24.0 Å². The number of fused-ring (bicyclic) bond motifs is 2. The standard InChI is InChI=1S/C28H33N7O3/c29-28(9-11-30-12-10-28)27(38)35-26(37)24(13-18-15-31-22-7-3-1-5-20(18)22)34-25(33-17-36)14-19-16-32-23-8-4-2-6-21(19)23/h1-8,15-17,24-25,30-32,34H,9-14,29H2,(H,33,36)(H,35,37,38)/t24-,25+/m1/s1. The summed E-state index contributed by atoms with van der Waals surface area (Å²) in [6.45, 7) is 1.23. The molecule has 0 bridgehead atoms. The number of benzene rings is 2. The van der Waals surface area contributed by atoms with Crippen molar-refractivity contribution in [3.8, 4) is 0 Å². The van der Waals surface area contributed by atoms with Gasteiger partial charge in [-0.15, -0.1) is 0 Å². The topological polar surface area (TPSA) is 157 Å². The van der Waals surface area contributed by atoms with Gasteiger partial charge >= 0.3 is 0 Å². The molecule has 198 valence electrons. The number of carbonyl (C=O) groups is 3. The highest BCUT2D eigenvalue weighted by Gasteiger charge is 2.37. The van der Waals surface area contributed by atoms with Crippen LogP contribution in [0.4, 0.5) is 0 Å². The molecule has 1 fully saturated rings. The van der Waals surface area contributed by atoms with Gasteiger partial charge in [0.05, 0.1) is 17.7 Å². The monoisotopic (exact) mass is 515 g/mol. The lowest BCUT2D eigenvalue weighted by molar-refractivity contribution is -0.135. The average Bonchev–Trinajstić information content (AvgIpc) is 3.53. The first kappa shape index (κ1) is 25.7. The minimum absolute atomic E-state index is 0.299. The maximum atomic E-state index is 13.6. The van der Waals surface area contributed by atoms with Gasteiger partial charge in [-0.2, -0.15) is 0 Å².